The number of amides is 1. The summed E-state index contributed by atoms with van der Waals surface area (Å²) < 4.78 is 27.8. The standard InChI is InChI=1S/C11H6ClF2N5OS/c12-5-3-17-9(7(15)18-5)21-4-1-2-16-8-6(4)11(13,14)10(20)19-8/h1-3H,(H2,15,18)(H,16,19,20). The van der Waals surface area contributed by atoms with Crippen LogP contribution >= 0.6 is 23.4 Å². The van der Waals surface area contributed by atoms with Crippen LogP contribution in [-0.4, -0.2) is 20.9 Å². The smallest absolute Gasteiger partial charge is 0.354 e. The molecule has 0 aliphatic carbocycles. The van der Waals surface area contributed by atoms with E-state index in [1.807, 2.05) is 5.32 Å². The lowest BCUT2D eigenvalue weighted by Crippen LogP contribution is -2.24. The van der Waals surface area contributed by atoms with E-state index in [2.05, 4.69) is 15.0 Å². The van der Waals surface area contributed by atoms with Gasteiger partial charge in [-0.1, -0.05) is 23.4 Å². The van der Waals surface area contributed by atoms with Crippen LogP contribution in [0.15, 0.2) is 28.4 Å². The van der Waals surface area contributed by atoms with Crippen molar-refractivity contribution in [1.82, 2.24) is 15.0 Å². The van der Waals surface area contributed by atoms with Crippen molar-refractivity contribution in [2.24, 2.45) is 0 Å². The second kappa shape index (κ2) is 4.78. The molecule has 0 aromatic carbocycles. The average Bonchev–Trinajstić information content (AvgIpc) is 2.64. The average molecular weight is 330 g/mol. The van der Waals surface area contributed by atoms with Gasteiger partial charge in [0.15, 0.2) is 5.82 Å². The summed E-state index contributed by atoms with van der Waals surface area (Å²) in [5.41, 5.74) is 5.16. The lowest BCUT2D eigenvalue weighted by atomic mass is 10.2. The molecule has 0 bridgehead atoms. The van der Waals surface area contributed by atoms with Crippen molar-refractivity contribution in [2.75, 3.05) is 11.1 Å². The number of fused-ring (bicyclic) bond motifs is 1. The Morgan fingerprint density at radius 2 is 2.14 bits per heavy atom. The highest BCUT2D eigenvalue weighted by Crippen LogP contribution is 2.46. The van der Waals surface area contributed by atoms with Crippen LogP contribution in [-0.2, 0) is 10.7 Å². The van der Waals surface area contributed by atoms with Gasteiger partial charge in [-0.15, -0.1) is 0 Å². The van der Waals surface area contributed by atoms with E-state index in [1.165, 1.54) is 18.5 Å². The van der Waals surface area contributed by atoms with Crippen molar-refractivity contribution in [3.05, 3.63) is 29.2 Å². The summed E-state index contributed by atoms with van der Waals surface area (Å²) in [6, 6.07) is 1.35. The summed E-state index contributed by atoms with van der Waals surface area (Å²) >= 11 is 6.49. The van der Waals surface area contributed by atoms with Crippen molar-refractivity contribution >= 4 is 40.9 Å². The molecule has 10 heteroatoms. The summed E-state index contributed by atoms with van der Waals surface area (Å²) in [5.74, 6) is -5.22. The molecular formula is C11H6ClF2N5OS. The third kappa shape index (κ3) is 2.28. The molecule has 108 valence electrons. The summed E-state index contributed by atoms with van der Waals surface area (Å²) in [4.78, 5) is 22.9. The number of aromatic nitrogens is 3. The van der Waals surface area contributed by atoms with Gasteiger partial charge in [0.2, 0.25) is 0 Å². The van der Waals surface area contributed by atoms with Gasteiger partial charge in [-0.3, -0.25) is 4.79 Å². The normalized spacial score (nSPS) is 15.7. The molecule has 1 amide bonds. The summed E-state index contributed by atoms with van der Waals surface area (Å²) in [7, 11) is 0. The number of rotatable bonds is 2. The van der Waals surface area contributed by atoms with Crippen LogP contribution in [0.5, 0.6) is 0 Å². The molecule has 0 saturated heterocycles. The SMILES string of the molecule is Nc1nc(Cl)cnc1Sc1ccnc2c1C(F)(F)C(=O)N2. The van der Waals surface area contributed by atoms with Gasteiger partial charge in [-0.25, -0.2) is 15.0 Å². The summed E-state index contributed by atoms with van der Waals surface area (Å²) in [6.07, 6.45) is 2.56. The zero-order valence-corrected chi connectivity index (χ0v) is 11.7. The molecule has 3 heterocycles. The maximum atomic E-state index is 13.9. The molecule has 3 N–H and O–H groups in total. The number of nitrogens with zero attached hydrogens (tertiary/aromatic N) is 3. The second-order valence-corrected chi connectivity index (χ2v) is 5.46. The Hall–Kier alpha value is -2.00. The fraction of sp³-hybridized carbons (Fsp3) is 0.0909. The zero-order chi connectivity index (χ0) is 15.2. The van der Waals surface area contributed by atoms with Crippen molar-refractivity contribution in [3.8, 4) is 0 Å². The first-order valence-electron chi connectivity index (χ1n) is 5.54. The maximum absolute atomic E-state index is 13.9. The molecule has 0 atom stereocenters. The van der Waals surface area contributed by atoms with Gasteiger partial charge in [0.05, 0.1) is 11.8 Å². The van der Waals surface area contributed by atoms with Gasteiger partial charge in [-0.2, -0.15) is 8.78 Å². The number of hydrogen-bond donors (Lipinski definition) is 2. The fourth-order valence-electron chi connectivity index (χ4n) is 1.78. The molecule has 21 heavy (non-hydrogen) atoms. The predicted molar refractivity (Wildman–Crippen MR) is 72.3 cm³/mol. The van der Waals surface area contributed by atoms with Gasteiger partial charge < -0.3 is 11.1 Å². The summed E-state index contributed by atoms with van der Waals surface area (Å²) in [6.45, 7) is 0. The number of nitrogen functional groups attached to an aromatic ring is 1. The topological polar surface area (TPSA) is 93.8 Å². The van der Waals surface area contributed by atoms with Gasteiger partial charge in [0.25, 0.3) is 0 Å². The number of nitrogens with two attached hydrogens (primary N) is 1. The largest absolute Gasteiger partial charge is 0.381 e. The first-order valence-corrected chi connectivity index (χ1v) is 6.73. The molecule has 2 aromatic rings. The Balaban J connectivity index is 2.06. The van der Waals surface area contributed by atoms with Crippen LogP contribution in [0, 0.1) is 0 Å². The first-order chi connectivity index (χ1) is 9.89. The van der Waals surface area contributed by atoms with Gasteiger partial charge in [-0.05, 0) is 6.07 Å². The lowest BCUT2D eigenvalue weighted by Gasteiger charge is -2.11. The van der Waals surface area contributed by atoms with E-state index in [0.29, 0.717) is 0 Å². The highest BCUT2D eigenvalue weighted by atomic mass is 35.5. The van der Waals surface area contributed by atoms with E-state index in [-0.39, 0.29) is 26.7 Å². The van der Waals surface area contributed by atoms with Crippen LogP contribution in [0.4, 0.5) is 20.4 Å². The number of carbonyl (C=O) groups excluding carboxylic acids is 1. The van der Waals surface area contributed by atoms with Crippen LogP contribution in [0.3, 0.4) is 0 Å². The van der Waals surface area contributed by atoms with Crippen molar-refractivity contribution < 1.29 is 13.6 Å². The van der Waals surface area contributed by atoms with E-state index in [9.17, 15) is 13.6 Å². The molecule has 1 aliphatic heterocycles. The molecule has 1 aliphatic rings. The Morgan fingerprint density at radius 3 is 2.86 bits per heavy atom. The van der Waals surface area contributed by atoms with Gasteiger partial charge in [0, 0.05) is 11.1 Å². The van der Waals surface area contributed by atoms with Crippen molar-refractivity contribution in [1.29, 1.82) is 0 Å². The zero-order valence-electron chi connectivity index (χ0n) is 10.1. The first kappa shape index (κ1) is 14.0. The number of pyridine rings is 1. The third-order valence-electron chi connectivity index (χ3n) is 2.69. The fourth-order valence-corrected chi connectivity index (χ4v) is 2.84. The minimum atomic E-state index is -3.65. The second-order valence-electron chi connectivity index (χ2n) is 4.05. The third-order valence-corrected chi connectivity index (χ3v) is 3.94. The summed E-state index contributed by atoms with van der Waals surface area (Å²) in [5, 5.41) is 2.34. The monoisotopic (exact) mass is 329 g/mol. The molecule has 0 unspecified atom stereocenters. The molecule has 0 spiro atoms. The maximum Gasteiger partial charge on any atom is 0.354 e. The molecule has 0 saturated carbocycles. The van der Waals surface area contributed by atoms with Crippen LogP contribution in [0.1, 0.15) is 5.56 Å². The van der Waals surface area contributed by atoms with Crippen LogP contribution in [0.25, 0.3) is 0 Å². The highest BCUT2D eigenvalue weighted by molar-refractivity contribution is 7.99. The molecule has 0 fully saturated rings. The van der Waals surface area contributed by atoms with E-state index < -0.39 is 17.4 Å². The van der Waals surface area contributed by atoms with E-state index in [4.69, 9.17) is 17.3 Å². The number of carbonyl (C=O) groups is 1. The van der Waals surface area contributed by atoms with E-state index in [0.717, 1.165) is 11.8 Å². The Labute approximate surface area is 126 Å². The number of anilines is 2. The van der Waals surface area contributed by atoms with Crippen LogP contribution in [0.2, 0.25) is 5.15 Å². The molecule has 6 nitrogen and oxygen atoms in total. The molecular weight excluding hydrogens is 324 g/mol. The molecule has 3 rings (SSSR count). The van der Waals surface area contributed by atoms with E-state index >= 15 is 0 Å². The van der Waals surface area contributed by atoms with Crippen molar-refractivity contribution in [2.45, 2.75) is 15.8 Å². The Bertz CT molecular complexity index is 757. The Kier molecular flexibility index (Phi) is 3.18. The number of nitrogens with one attached hydrogen (secondary N) is 1. The minimum absolute atomic E-state index is 0.0126. The number of hydrogen-bond acceptors (Lipinski definition) is 6. The number of halogens is 3. The van der Waals surface area contributed by atoms with Crippen LogP contribution < -0.4 is 11.1 Å². The minimum Gasteiger partial charge on any atom is -0.381 e. The quantitative estimate of drug-likeness (QED) is 0.878. The van der Waals surface area contributed by atoms with Gasteiger partial charge in [0.1, 0.15) is 16.0 Å². The highest BCUT2D eigenvalue weighted by Gasteiger charge is 2.51. The predicted octanol–water partition coefficient (Wildman–Crippen LogP) is 2.30. The van der Waals surface area contributed by atoms with E-state index in [1.54, 1.807) is 0 Å². The Morgan fingerprint density at radius 1 is 1.38 bits per heavy atom. The van der Waals surface area contributed by atoms with Crippen molar-refractivity contribution in [3.63, 3.8) is 0 Å². The number of alkyl halides is 2. The lowest BCUT2D eigenvalue weighted by molar-refractivity contribution is -0.139. The van der Waals surface area contributed by atoms with Gasteiger partial charge >= 0.3 is 11.8 Å². The molecule has 0 radical (unpaired) electrons. The molecule has 2 aromatic heterocycles.